The number of amides is 2. The largest absolute Gasteiger partial charge is 0.497 e. The van der Waals surface area contributed by atoms with E-state index in [1.54, 1.807) is 32.2 Å². The van der Waals surface area contributed by atoms with Crippen molar-refractivity contribution in [1.29, 1.82) is 0 Å². The highest BCUT2D eigenvalue weighted by Gasteiger charge is 2.11. The molecule has 0 saturated heterocycles. The maximum Gasteiger partial charge on any atom is 0.244 e. The first-order valence-corrected chi connectivity index (χ1v) is 10.5. The maximum absolute atomic E-state index is 12.3. The van der Waals surface area contributed by atoms with E-state index in [0.29, 0.717) is 22.9 Å². The first-order chi connectivity index (χ1) is 16.0. The first kappa shape index (κ1) is 23.5. The van der Waals surface area contributed by atoms with Crippen molar-refractivity contribution in [2.75, 3.05) is 19.5 Å². The molecule has 3 aromatic rings. The van der Waals surface area contributed by atoms with Gasteiger partial charge in [0.2, 0.25) is 11.8 Å². The molecule has 7 nitrogen and oxygen atoms in total. The number of methoxy groups -OCH3 is 2. The Hall–Kier alpha value is -4.13. The van der Waals surface area contributed by atoms with Crippen LogP contribution < -0.4 is 20.2 Å². The smallest absolute Gasteiger partial charge is 0.244 e. The van der Waals surface area contributed by atoms with Gasteiger partial charge in [0, 0.05) is 11.8 Å². The molecule has 0 aromatic heterocycles. The molecule has 0 aliphatic carbocycles. The van der Waals surface area contributed by atoms with Crippen LogP contribution in [0.2, 0.25) is 0 Å². The molecule has 0 bridgehead atoms. The van der Waals surface area contributed by atoms with Crippen LogP contribution in [0.15, 0.2) is 77.9 Å². The summed E-state index contributed by atoms with van der Waals surface area (Å²) in [5, 5.41) is 6.82. The van der Waals surface area contributed by atoms with E-state index in [1.165, 1.54) is 7.11 Å². The monoisotopic (exact) mass is 445 g/mol. The number of nitrogens with one attached hydrogen (secondary N) is 2. The molecule has 2 amide bonds. The first-order valence-electron chi connectivity index (χ1n) is 10.5. The van der Waals surface area contributed by atoms with Crippen molar-refractivity contribution in [1.82, 2.24) is 5.43 Å². The lowest BCUT2D eigenvalue weighted by molar-refractivity contribution is -0.120. The van der Waals surface area contributed by atoms with Crippen molar-refractivity contribution in [2.24, 2.45) is 5.10 Å². The zero-order valence-electron chi connectivity index (χ0n) is 18.9. The van der Waals surface area contributed by atoms with E-state index in [-0.39, 0.29) is 24.7 Å². The molecular weight excluding hydrogens is 418 g/mol. The number of anilines is 1. The van der Waals surface area contributed by atoms with Gasteiger partial charge in [-0.25, -0.2) is 5.43 Å². The van der Waals surface area contributed by atoms with Crippen molar-refractivity contribution in [3.05, 3.63) is 78.4 Å². The Morgan fingerprint density at radius 3 is 2.21 bits per heavy atom. The molecule has 3 rings (SSSR count). The van der Waals surface area contributed by atoms with E-state index in [2.05, 4.69) is 15.8 Å². The van der Waals surface area contributed by atoms with Gasteiger partial charge in [-0.15, -0.1) is 0 Å². The Kier molecular flexibility index (Phi) is 8.18. The minimum atomic E-state index is -0.273. The van der Waals surface area contributed by atoms with Gasteiger partial charge in [0.05, 0.1) is 32.7 Å². The average molecular weight is 446 g/mol. The molecule has 33 heavy (non-hydrogen) atoms. The summed E-state index contributed by atoms with van der Waals surface area (Å²) < 4.78 is 10.4. The van der Waals surface area contributed by atoms with Gasteiger partial charge in [-0.05, 0) is 35.7 Å². The number of benzene rings is 3. The fourth-order valence-electron chi connectivity index (χ4n) is 3.20. The second-order valence-corrected chi connectivity index (χ2v) is 7.41. The Balaban J connectivity index is 1.50. The molecule has 0 fully saturated rings. The molecule has 0 heterocycles. The molecule has 2 N–H and O–H groups in total. The van der Waals surface area contributed by atoms with Gasteiger partial charge in [-0.2, -0.15) is 5.10 Å². The molecular formula is C26H27N3O4. The van der Waals surface area contributed by atoms with Crippen LogP contribution in [0.4, 0.5) is 5.69 Å². The Bertz CT molecular complexity index is 1130. The fraction of sp³-hybridized carbons (Fsp3) is 0.192. The van der Waals surface area contributed by atoms with Gasteiger partial charge in [0.25, 0.3) is 0 Å². The van der Waals surface area contributed by atoms with Crippen LogP contribution in [0.5, 0.6) is 11.5 Å². The summed E-state index contributed by atoms with van der Waals surface area (Å²) in [4.78, 5) is 24.6. The predicted molar refractivity (Wildman–Crippen MR) is 130 cm³/mol. The minimum absolute atomic E-state index is 0.0290. The van der Waals surface area contributed by atoms with Gasteiger partial charge >= 0.3 is 0 Å². The summed E-state index contributed by atoms with van der Waals surface area (Å²) in [6, 6.07) is 23.0. The van der Waals surface area contributed by atoms with Crippen molar-refractivity contribution < 1.29 is 19.1 Å². The number of ether oxygens (including phenoxy) is 2. The molecule has 0 radical (unpaired) electrons. The van der Waals surface area contributed by atoms with Crippen LogP contribution in [0, 0.1) is 0 Å². The normalized spacial score (nSPS) is 10.9. The lowest BCUT2D eigenvalue weighted by Crippen LogP contribution is -2.23. The van der Waals surface area contributed by atoms with E-state index in [9.17, 15) is 9.59 Å². The summed E-state index contributed by atoms with van der Waals surface area (Å²) in [5.74, 6) is 0.591. The third-order valence-electron chi connectivity index (χ3n) is 4.90. The number of nitrogens with zero attached hydrogens (tertiary/aromatic N) is 1. The molecule has 7 heteroatoms. The van der Waals surface area contributed by atoms with Gasteiger partial charge < -0.3 is 14.8 Å². The van der Waals surface area contributed by atoms with Gasteiger partial charge in [0.15, 0.2) is 0 Å². The van der Waals surface area contributed by atoms with Gasteiger partial charge in [-0.3, -0.25) is 9.59 Å². The number of hydrogen-bond donors (Lipinski definition) is 2. The van der Waals surface area contributed by atoms with Crippen molar-refractivity contribution in [3.8, 4) is 22.6 Å². The highest BCUT2D eigenvalue weighted by atomic mass is 16.5. The average Bonchev–Trinajstić information content (AvgIpc) is 2.84. The highest BCUT2D eigenvalue weighted by Crippen LogP contribution is 2.29. The summed E-state index contributed by atoms with van der Waals surface area (Å²) in [7, 11) is 3.07. The Morgan fingerprint density at radius 1 is 0.848 bits per heavy atom. The standard InChI is InChI=1S/C26H27N3O4/c1-18(15-25(30)27-23-14-13-22(32-2)17-24(23)33-3)28-29-26(31)16-19-9-11-21(12-10-19)20-7-5-4-6-8-20/h4-14,17H,15-16H2,1-3H3,(H,27,30)(H,29,31)/b28-18-. The van der Waals surface area contributed by atoms with Gasteiger partial charge in [0.1, 0.15) is 11.5 Å². The second-order valence-electron chi connectivity index (χ2n) is 7.41. The number of carbonyl (C=O) groups is 2. The Labute approximate surface area is 193 Å². The lowest BCUT2D eigenvalue weighted by Gasteiger charge is -2.11. The van der Waals surface area contributed by atoms with E-state index in [4.69, 9.17) is 9.47 Å². The van der Waals surface area contributed by atoms with Crippen LogP contribution in [0.25, 0.3) is 11.1 Å². The van der Waals surface area contributed by atoms with Crippen LogP contribution >= 0.6 is 0 Å². The third kappa shape index (κ3) is 6.93. The fourth-order valence-corrected chi connectivity index (χ4v) is 3.20. The maximum atomic E-state index is 12.3. The van der Waals surface area contributed by atoms with Gasteiger partial charge in [-0.1, -0.05) is 54.6 Å². The van der Waals surface area contributed by atoms with Crippen LogP contribution in [0.1, 0.15) is 18.9 Å². The molecule has 170 valence electrons. The van der Waals surface area contributed by atoms with E-state index < -0.39 is 0 Å². The number of hydrazone groups is 1. The summed E-state index contributed by atoms with van der Waals surface area (Å²) in [6.07, 6.45) is 0.225. The number of rotatable bonds is 9. The zero-order valence-corrected chi connectivity index (χ0v) is 18.9. The lowest BCUT2D eigenvalue weighted by atomic mass is 10.0. The molecule has 0 aliphatic rings. The third-order valence-corrected chi connectivity index (χ3v) is 4.90. The predicted octanol–water partition coefficient (Wildman–Crippen LogP) is 4.43. The van der Waals surface area contributed by atoms with Crippen LogP contribution in [0.3, 0.4) is 0 Å². The summed E-state index contributed by atoms with van der Waals surface area (Å²) in [6.45, 7) is 1.68. The topological polar surface area (TPSA) is 89.0 Å². The van der Waals surface area contributed by atoms with E-state index in [0.717, 1.165) is 16.7 Å². The molecule has 0 aliphatic heterocycles. The number of carbonyl (C=O) groups excluding carboxylic acids is 2. The SMILES string of the molecule is COc1ccc(NC(=O)C/C(C)=N\NC(=O)Cc2ccc(-c3ccccc3)cc2)c(OC)c1. The van der Waals surface area contributed by atoms with Crippen molar-refractivity contribution >= 4 is 23.2 Å². The molecule has 0 spiro atoms. The molecule has 0 atom stereocenters. The molecule has 3 aromatic carbocycles. The Morgan fingerprint density at radius 2 is 1.55 bits per heavy atom. The zero-order chi connectivity index (χ0) is 23.6. The summed E-state index contributed by atoms with van der Waals surface area (Å²) >= 11 is 0. The number of hydrogen-bond acceptors (Lipinski definition) is 5. The van der Waals surface area contributed by atoms with E-state index in [1.807, 2.05) is 54.6 Å². The minimum Gasteiger partial charge on any atom is -0.497 e. The second kappa shape index (κ2) is 11.5. The van der Waals surface area contributed by atoms with Crippen LogP contribution in [-0.4, -0.2) is 31.7 Å². The summed E-state index contributed by atoms with van der Waals surface area (Å²) in [5.41, 5.74) is 6.61. The van der Waals surface area contributed by atoms with E-state index >= 15 is 0 Å². The quantitative estimate of drug-likeness (QED) is 0.377. The van der Waals surface area contributed by atoms with Crippen molar-refractivity contribution in [2.45, 2.75) is 19.8 Å². The highest BCUT2D eigenvalue weighted by molar-refractivity contribution is 6.06. The van der Waals surface area contributed by atoms with Crippen LogP contribution in [-0.2, 0) is 16.0 Å². The molecule has 0 saturated carbocycles. The van der Waals surface area contributed by atoms with Crippen molar-refractivity contribution in [3.63, 3.8) is 0 Å². The molecule has 0 unspecified atom stereocenters.